The van der Waals surface area contributed by atoms with Crippen LogP contribution in [0.15, 0.2) is 59.3 Å². The quantitative estimate of drug-likeness (QED) is 0.584. The fourth-order valence-corrected chi connectivity index (χ4v) is 4.86. The Bertz CT molecular complexity index is 950. The van der Waals surface area contributed by atoms with Crippen LogP contribution in [0.25, 0.3) is 0 Å². The molecule has 1 atom stereocenters. The molecule has 0 saturated carbocycles. The van der Waals surface area contributed by atoms with Gasteiger partial charge in [0.15, 0.2) is 0 Å². The fourth-order valence-electron chi connectivity index (χ4n) is 3.38. The van der Waals surface area contributed by atoms with Crippen molar-refractivity contribution >= 4 is 40.2 Å². The first-order valence-electron chi connectivity index (χ1n) is 9.79. The monoisotopic (exact) mass is 441 g/mol. The van der Waals surface area contributed by atoms with E-state index in [1.54, 1.807) is 41.7 Å². The standard InChI is InChI=1S/C22H23N3O3S2/c26-21(16-5-7-17(8-6-16)24-22(27)20-4-2-14-30-20)23-15-18(19-3-1-13-29-19)25-9-11-28-12-10-25/h1-8,13-14,18H,9-12,15H2,(H,23,26)(H,24,27)/t18-/m0/s1. The lowest BCUT2D eigenvalue weighted by Gasteiger charge is -2.34. The molecule has 3 heterocycles. The van der Waals surface area contributed by atoms with E-state index in [1.165, 1.54) is 16.2 Å². The molecule has 0 radical (unpaired) electrons. The van der Waals surface area contributed by atoms with Crippen molar-refractivity contribution in [3.8, 4) is 0 Å². The third-order valence-corrected chi connectivity index (χ3v) is 6.81. The summed E-state index contributed by atoms with van der Waals surface area (Å²) in [5, 5.41) is 9.84. The Morgan fingerprint density at radius 2 is 1.70 bits per heavy atom. The number of hydrogen-bond donors (Lipinski definition) is 2. The summed E-state index contributed by atoms with van der Waals surface area (Å²) >= 11 is 3.10. The van der Waals surface area contributed by atoms with E-state index >= 15 is 0 Å². The Kier molecular flexibility index (Phi) is 6.91. The fraction of sp³-hybridized carbons (Fsp3) is 0.273. The Morgan fingerprint density at radius 1 is 0.967 bits per heavy atom. The van der Waals surface area contributed by atoms with E-state index in [2.05, 4.69) is 27.0 Å². The van der Waals surface area contributed by atoms with Crippen LogP contribution in [0.4, 0.5) is 5.69 Å². The van der Waals surface area contributed by atoms with Crippen molar-refractivity contribution in [1.29, 1.82) is 0 Å². The summed E-state index contributed by atoms with van der Waals surface area (Å²) in [4.78, 5) is 29.1. The van der Waals surface area contributed by atoms with E-state index < -0.39 is 0 Å². The maximum atomic E-state index is 12.7. The molecule has 2 amide bonds. The molecule has 0 aliphatic carbocycles. The number of ether oxygens (including phenoxy) is 1. The molecule has 8 heteroatoms. The molecule has 3 aromatic rings. The molecule has 2 aromatic heterocycles. The van der Waals surface area contributed by atoms with Gasteiger partial charge in [-0.3, -0.25) is 14.5 Å². The van der Waals surface area contributed by atoms with E-state index in [1.807, 2.05) is 17.5 Å². The molecule has 4 rings (SSSR count). The van der Waals surface area contributed by atoms with Crippen LogP contribution in [0.3, 0.4) is 0 Å². The van der Waals surface area contributed by atoms with Gasteiger partial charge in [0, 0.05) is 35.8 Å². The Labute approximate surface area is 183 Å². The van der Waals surface area contributed by atoms with Gasteiger partial charge in [-0.25, -0.2) is 0 Å². The van der Waals surface area contributed by atoms with Crippen LogP contribution in [0, 0.1) is 0 Å². The minimum absolute atomic E-state index is 0.124. The van der Waals surface area contributed by atoms with Crippen LogP contribution in [0.2, 0.25) is 0 Å². The average Bonchev–Trinajstić information content (AvgIpc) is 3.50. The molecule has 6 nitrogen and oxygen atoms in total. The second kappa shape index (κ2) is 9.99. The minimum atomic E-state index is -0.147. The zero-order valence-corrected chi connectivity index (χ0v) is 18.0. The number of carbonyl (C=O) groups is 2. The van der Waals surface area contributed by atoms with Gasteiger partial charge in [0.25, 0.3) is 11.8 Å². The number of benzene rings is 1. The number of thiophene rings is 2. The number of anilines is 1. The highest BCUT2D eigenvalue weighted by Crippen LogP contribution is 2.25. The predicted molar refractivity (Wildman–Crippen MR) is 120 cm³/mol. The van der Waals surface area contributed by atoms with Crippen LogP contribution >= 0.6 is 22.7 Å². The van der Waals surface area contributed by atoms with Crippen molar-refractivity contribution in [2.24, 2.45) is 0 Å². The molecule has 1 aromatic carbocycles. The van der Waals surface area contributed by atoms with Crippen LogP contribution in [-0.4, -0.2) is 49.6 Å². The van der Waals surface area contributed by atoms with Gasteiger partial charge in [-0.1, -0.05) is 12.1 Å². The van der Waals surface area contributed by atoms with Gasteiger partial charge < -0.3 is 15.4 Å². The third-order valence-electron chi connectivity index (χ3n) is 4.96. The summed E-state index contributed by atoms with van der Waals surface area (Å²) in [6, 6.07) is 14.9. The Morgan fingerprint density at radius 3 is 2.37 bits per heavy atom. The first-order valence-corrected chi connectivity index (χ1v) is 11.5. The van der Waals surface area contributed by atoms with Gasteiger partial charge in [-0.2, -0.15) is 0 Å². The first-order chi connectivity index (χ1) is 14.7. The van der Waals surface area contributed by atoms with E-state index in [-0.39, 0.29) is 17.9 Å². The number of morpholine rings is 1. The summed E-state index contributed by atoms with van der Waals surface area (Å²) in [5.41, 5.74) is 1.23. The lowest BCUT2D eigenvalue weighted by molar-refractivity contribution is 0.0169. The van der Waals surface area contributed by atoms with Gasteiger partial charge in [-0.05, 0) is 47.2 Å². The molecule has 30 heavy (non-hydrogen) atoms. The first kappa shape index (κ1) is 20.7. The van der Waals surface area contributed by atoms with E-state index in [0.29, 0.717) is 35.9 Å². The zero-order valence-electron chi connectivity index (χ0n) is 16.4. The van der Waals surface area contributed by atoms with Crippen LogP contribution in [-0.2, 0) is 4.74 Å². The molecule has 1 saturated heterocycles. The van der Waals surface area contributed by atoms with Crippen molar-refractivity contribution in [3.63, 3.8) is 0 Å². The highest BCUT2D eigenvalue weighted by molar-refractivity contribution is 7.12. The van der Waals surface area contributed by atoms with Gasteiger partial charge in [-0.15, -0.1) is 22.7 Å². The molecular formula is C22H23N3O3S2. The number of carbonyl (C=O) groups excluding carboxylic acids is 2. The highest BCUT2D eigenvalue weighted by Gasteiger charge is 2.24. The van der Waals surface area contributed by atoms with E-state index in [9.17, 15) is 9.59 Å². The molecular weight excluding hydrogens is 418 g/mol. The molecule has 0 unspecified atom stereocenters. The maximum Gasteiger partial charge on any atom is 0.265 e. The summed E-state index contributed by atoms with van der Waals surface area (Å²) in [5.74, 6) is -0.271. The molecule has 0 spiro atoms. The number of amides is 2. The lowest BCUT2D eigenvalue weighted by Crippen LogP contribution is -2.43. The van der Waals surface area contributed by atoms with E-state index in [4.69, 9.17) is 4.74 Å². The number of rotatable bonds is 7. The lowest BCUT2D eigenvalue weighted by atomic mass is 10.1. The van der Waals surface area contributed by atoms with Crippen LogP contribution in [0.1, 0.15) is 30.9 Å². The predicted octanol–water partition coefficient (Wildman–Crippen LogP) is 3.87. The van der Waals surface area contributed by atoms with Crippen molar-refractivity contribution in [3.05, 3.63) is 74.6 Å². The average molecular weight is 442 g/mol. The number of hydrogen-bond acceptors (Lipinski definition) is 6. The molecule has 1 fully saturated rings. The van der Waals surface area contributed by atoms with Crippen LogP contribution in [0.5, 0.6) is 0 Å². The summed E-state index contributed by atoms with van der Waals surface area (Å²) < 4.78 is 5.47. The van der Waals surface area contributed by atoms with Crippen molar-refractivity contribution in [2.75, 3.05) is 38.2 Å². The molecule has 2 N–H and O–H groups in total. The van der Waals surface area contributed by atoms with E-state index in [0.717, 1.165) is 13.1 Å². The normalized spacial score (nSPS) is 15.5. The van der Waals surface area contributed by atoms with Gasteiger partial charge in [0.05, 0.1) is 24.1 Å². The van der Waals surface area contributed by atoms with Crippen LogP contribution < -0.4 is 10.6 Å². The van der Waals surface area contributed by atoms with Crippen molar-refractivity contribution < 1.29 is 14.3 Å². The Hall–Kier alpha value is -2.52. The van der Waals surface area contributed by atoms with Gasteiger partial charge in [0.2, 0.25) is 0 Å². The molecule has 1 aliphatic rings. The maximum absolute atomic E-state index is 12.7. The summed E-state index contributed by atoms with van der Waals surface area (Å²) in [6.07, 6.45) is 0. The number of nitrogens with zero attached hydrogens (tertiary/aromatic N) is 1. The zero-order chi connectivity index (χ0) is 20.8. The Balaban J connectivity index is 1.36. The highest BCUT2D eigenvalue weighted by atomic mass is 32.1. The van der Waals surface area contributed by atoms with Gasteiger partial charge >= 0.3 is 0 Å². The number of nitrogens with one attached hydrogen (secondary N) is 2. The summed E-state index contributed by atoms with van der Waals surface area (Å²) in [6.45, 7) is 3.69. The molecule has 156 valence electrons. The second-order valence-electron chi connectivity index (χ2n) is 6.90. The molecule has 0 bridgehead atoms. The largest absolute Gasteiger partial charge is 0.379 e. The van der Waals surface area contributed by atoms with Crippen molar-refractivity contribution in [1.82, 2.24) is 10.2 Å². The third kappa shape index (κ3) is 5.14. The summed E-state index contributed by atoms with van der Waals surface area (Å²) in [7, 11) is 0. The SMILES string of the molecule is O=C(NC[C@@H](c1cccs1)N1CCOCC1)c1ccc(NC(=O)c2cccs2)cc1. The van der Waals surface area contributed by atoms with Gasteiger partial charge in [0.1, 0.15) is 0 Å². The van der Waals surface area contributed by atoms with Crippen molar-refractivity contribution in [2.45, 2.75) is 6.04 Å². The smallest absolute Gasteiger partial charge is 0.265 e. The minimum Gasteiger partial charge on any atom is -0.379 e. The topological polar surface area (TPSA) is 70.7 Å². The second-order valence-corrected chi connectivity index (χ2v) is 8.83. The molecule has 1 aliphatic heterocycles.